The maximum atomic E-state index is 12.6. The van der Waals surface area contributed by atoms with E-state index in [0.29, 0.717) is 24.4 Å². The number of Topliss-reactive ketones (excluding diaryl/α,β-unsaturated/α-hetero) is 1. The summed E-state index contributed by atoms with van der Waals surface area (Å²) in [4.78, 5) is 49.3. The van der Waals surface area contributed by atoms with E-state index >= 15 is 0 Å². The maximum Gasteiger partial charge on any atom is 0.332 e. The Labute approximate surface area is 146 Å². The molecule has 1 aromatic rings. The van der Waals surface area contributed by atoms with Crippen LogP contribution in [0.2, 0.25) is 0 Å². The first-order valence-corrected chi connectivity index (χ1v) is 8.45. The fraction of sp³-hybridized carbons (Fsp3) is 0.625. The molecule has 1 aromatic heterocycles. The molecule has 25 heavy (non-hydrogen) atoms. The van der Waals surface area contributed by atoms with E-state index < -0.39 is 17.0 Å². The van der Waals surface area contributed by atoms with Gasteiger partial charge in [-0.05, 0) is 12.8 Å². The summed E-state index contributed by atoms with van der Waals surface area (Å²) in [5.41, 5.74) is 4.49. The van der Waals surface area contributed by atoms with Crippen LogP contribution >= 0.6 is 0 Å². The van der Waals surface area contributed by atoms with Gasteiger partial charge in [0.05, 0.1) is 7.05 Å². The van der Waals surface area contributed by atoms with Gasteiger partial charge in [-0.3, -0.25) is 23.5 Å². The third kappa shape index (κ3) is 5.02. The third-order valence-corrected chi connectivity index (χ3v) is 3.81. The monoisotopic (exact) mass is 354 g/mol. The number of hydrogen-bond donors (Lipinski definition) is 3. The van der Waals surface area contributed by atoms with E-state index in [1.807, 2.05) is 13.8 Å². The number of anilines is 1. The van der Waals surface area contributed by atoms with Gasteiger partial charge in [0.15, 0.2) is 6.54 Å². The van der Waals surface area contributed by atoms with Crippen molar-refractivity contribution in [2.75, 3.05) is 32.4 Å². The lowest BCUT2D eigenvalue weighted by Crippen LogP contribution is -3.11. The molecule has 0 saturated heterocycles. The normalized spacial score (nSPS) is 12.0. The molecule has 1 unspecified atom stereocenters. The number of quaternary nitrogens is 1. The number of nitrogens with zero attached hydrogens (tertiary/aromatic N) is 2. The van der Waals surface area contributed by atoms with E-state index in [2.05, 4.69) is 5.32 Å². The Morgan fingerprint density at radius 3 is 2.36 bits per heavy atom. The van der Waals surface area contributed by atoms with Gasteiger partial charge in [0.1, 0.15) is 17.9 Å². The standard InChI is InChI=1S/C16H27N5O4/c1-5-7-18-12(23)10-19(3)9-11(22)13-14(17)21(8-6-2)16(25)20(4)15(13)24/h5-10,17H2,1-4H3,(H,18,23)/p+1. The molecule has 0 spiro atoms. The lowest BCUT2D eigenvalue weighted by Gasteiger charge is -2.16. The largest absolute Gasteiger partial charge is 0.384 e. The highest BCUT2D eigenvalue weighted by Gasteiger charge is 2.24. The van der Waals surface area contributed by atoms with Crippen LogP contribution in [0, 0.1) is 0 Å². The van der Waals surface area contributed by atoms with Crippen molar-refractivity contribution in [1.29, 1.82) is 0 Å². The highest BCUT2D eigenvalue weighted by atomic mass is 16.2. The van der Waals surface area contributed by atoms with E-state index in [4.69, 9.17) is 5.73 Å². The highest BCUT2D eigenvalue weighted by molar-refractivity contribution is 6.00. The van der Waals surface area contributed by atoms with Gasteiger partial charge in [-0.1, -0.05) is 13.8 Å². The number of ketones is 1. The Balaban J connectivity index is 3.04. The summed E-state index contributed by atoms with van der Waals surface area (Å²) in [6.45, 7) is 4.76. The molecule has 0 fully saturated rings. The fourth-order valence-corrected chi connectivity index (χ4v) is 2.51. The topological polar surface area (TPSA) is 121 Å². The first kappa shape index (κ1) is 20.6. The number of nitrogens with one attached hydrogen (secondary N) is 2. The van der Waals surface area contributed by atoms with Gasteiger partial charge in [0.25, 0.3) is 11.5 Å². The summed E-state index contributed by atoms with van der Waals surface area (Å²) in [7, 11) is 3.01. The van der Waals surface area contributed by atoms with Gasteiger partial charge >= 0.3 is 5.69 Å². The molecule has 0 aliphatic heterocycles. The van der Waals surface area contributed by atoms with Crippen molar-refractivity contribution in [2.45, 2.75) is 33.2 Å². The fourth-order valence-electron chi connectivity index (χ4n) is 2.51. The number of nitrogen functional groups attached to an aromatic ring is 1. The average Bonchev–Trinajstić information content (AvgIpc) is 2.54. The van der Waals surface area contributed by atoms with Crippen LogP contribution in [0.1, 0.15) is 37.0 Å². The zero-order chi connectivity index (χ0) is 19.1. The van der Waals surface area contributed by atoms with Crippen LogP contribution in [0.3, 0.4) is 0 Å². The van der Waals surface area contributed by atoms with E-state index in [1.54, 1.807) is 7.05 Å². The zero-order valence-electron chi connectivity index (χ0n) is 15.3. The predicted molar refractivity (Wildman–Crippen MR) is 94.9 cm³/mol. The van der Waals surface area contributed by atoms with E-state index in [9.17, 15) is 19.2 Å². The van der Waals surface area contributed by atoms with Crippen molar-refractivity contribution < 1.29 is 14.5 Å². The molecule has 140 valence electrons. The van der Waals surface area contributed by atoms with Crippen LogP contribution < -0.4 is 27.2 Å². The second-order valence-electron chi connectivity index (χ2n) is 6.14. The molecule has 0 saturated carbocycles. The van der Waals surface area contributed by atoms with Gasteiger partial charge in [0.2, 0.25) is 5.78 Å². The molecular weight excluding hydrogens is 326 g/mol. The minimum Gasteiger partial charge on any atom is -0.384 e. The molecule has 0 radical (unpaired) electrons. The molecule has 1 heterocycles. The molecule has 1 amide bonds. The van der Waals surface area contributed by atoms with Gasteiger partial charge in [-0.25, -0.2) is 4.79 Å². The average molecular weight is 354 g/mol. The van der Waals surface area contributed by atoms with Gasteiger partial charge < -0.3 is 16.0 Å². The SMILES string of the molecule is CCCNC(=O)C[NH+](C)CC(=O)c1c(N)n(CCC)c(=O)n(C)c1=O. The molecule has 1 rings (SSSR count). The first-order valence-electron chi connectivity index (χ1n) is 8.45. The predicted octanol–water partition coefficient (Wildman–Crippen LogP) is -2.24. The van der Waals surface area contributed by atoms with E-state index in [-0.39, 0.29) is 30.4 Å². The Kier molecular flexibility index (Phi) is 7.56. The summed E-state index contributed by atoms with van der Waals surface area (Å²) in [6, 6.07) is 0. The molecule has 9 heteroatoms. The van der Waals surface area contributed by atoms with Crippen molar-refractivity contribution in [1.82, 2.24) is 14.5 Å². The smallest absolute Gasteiger partial charge is 0.332 e. The molecular formula is C16H28N5O4+. The number of aromatic nitrogens is 2. The van der Waals surface area contributed by atoms with Crippen molar-refractivity contribution in [3.63, 3.8) is 0 Å². The first-order chi connectivity index (χ1) is 11.7. The van der Waals surface area contributed by atoms with Crippen LogP contribution in [-0.2, 0) is 18.4 Å². The molecule has 0 aromatic carbocycles. The minimum atomic E-state index is -0.705. The number of carbonyl (C=O) groups is 2. The Morgan fingerprint density at radius 2 is 1.80 bits per heavy atom. The number of carbonyl (C=O) groups excluding carboxylic acids is 2. The maximum absolute atomic E-state index is 12.6. The summed E-state index contributed by atoms with van der Waals surface area (Å²) in [5.74, 6) is -0.754. The Morgan fingerprint density at radius 1 is 1.16 bits per heavy atom. The minimum absolute atomic E-state index is 0.0662. The summed E-state index contributed by atoms with van der Waals surface area (Å²) >= 11 is 0. The van der Waals surface area contributed by atoms with Crippen LogP contribution in [0.4, 0.5) is 5.82 Å². The third-order valence-electron chi connectivity index (χ3n) is 3.81. The number of hydrogen-bond acceptors (Lipinski definition) is 5. The van der Waals surface area contributed by atoms with E-state index in [0.717, 1.165) is 11.0 Å². The summed E-state index contributed by atoms with van der Waals surface area (Å²) < 4.78 is 2.13. The highest BCUT2D eigenvalue weighted by Crippen LogP contribution is 2.05. The van der Waals surface area contributed by atoms with Crippen molar-refractivity contribution in [3.8, 4) is 0 Å². The van der Waals surface area contributed by atoms with Crippen LogP contribution in [-0.4, -0.2) is 47.5 Å². The second-order valence-corrected chi connectivity index (χ2v) is 6.14. The lowest BCUT2D eigenvalue weighted by atomic mass is 10.1. The van der Waals surface area contributed by atoms with Gasteiger partial charge in [-0.15, -0.1) is 0 Å². The molecule has 4 N–H and O–H groups in total. The number of nitrogens with two attached hydrogens (primary N) is 1. The van der Waals surface area contributed by atoms with Crippen molar-refractivity contribution >= 4 is 17.5 Å². The quantitative estimate of drug-likeness (QED) is 0.433. The van der Waals surface area contributed by atoms with Gasteiger partial charge in [0, 0.05) is 20.1 Å². The molecule has 0 aliphatic rings. The number of rotatable bonds is 9. The molecule has 0 aliphatic carbocycles. The number of amides is 1. The van der Waals surface area contributed by atoms with Crippen LogP contribution in [0.15, 0.2) is 9.59 Å². The molecule has 1 atom stereocenters. The van der Waals surface area contributed by atoms with Crippen molar-refractivity contribution in [2.24, 2.45) is 7.05 Å². The molecule has 9 nitrogen and oxygen atoms in total. The van der Waals surface area contributed by atoms with E-state index in [1.165, 1.54) is 11.6 Å². The summed E-state index contributed by atoms with van der Waals surface area (Å²) in [5, 5.41) is 2.73. The van der Waals surface area contributed by atoms with Gasteiger partial charge in [-0.2, -0.15) is 0 Å². The van der Waals surface area contributed by atoms with Crippen molar-refractivity contribution in [3.05, 3.63) is 26.4 Å². The van der Waals surface area contributed by atoms with Crippen LogP contribution in [0.25, 0.3) is 0 Å². The second kappa shape index (κ2) is 9.16. The Bertz CT molecular complexity index is 750. The lowest BCUT2D eigenvalue weighted by molar-refractivity contribution is -0.862. The number of likely N-dealkylation sites (N-methyl/N-ethyl adjacent to an activating group) is 1. The van der Waals surface area contributed by atoms with Crippen LogP contribution in [0.5, 0.6) is 0 Å². The summed E-state index contributed by atoms with van der Waals surface area (Å²) in [6.07, 6.45) is 1.47. The molecule has 0 bridgehead atoms. The zero-order valence-corrected chi connectivity index (χ0v) is 15.3. The Hall–Kier alpha value is -2.42.